The first-order valence-electron chi connectivity index (χ1n) is 6.72. The first kappa shape index (κ1) is 13.7. The Morgan fingerprint density at radius 3 is 2.67 bits per heavy atom. The van der Waals surface area contributed by atoms with Crippen molar-refractivity contribution in [3.63, 3.8) is 0 Å². The van der Waals surface area contributed by atoms with Gasteiger partial charge in [0.15, 0.2) is 0 Å². The summed E-state index contributed by atoms with van der Waals surface area (Å²) in [6.45, 7) is 6.49. The van der Waals surface area contributed by atoms with Crippen LogP contribution in [-0.4, -0.2) is 46.3 Å². The summed E-state index contributed by atoms with van der Waals surface area (Å²) in [7, 11) is 0. The van der Waals surface area contributed by atoms with E-state index in [9.17, 15) is 9.59 Å². The van der Waals surface area contributed by atoms with Crippen molar-refractivity contribution in [3.05, 3.63) is 0 Å². The summed E-state index contributed by atoms with van der Waals surface area (Å²) in [5, 5.41) is 2.82. The Bertz CT molecular complexity index is 357. The van der Waals surface area contributed by atoms with E-state index in [-0.39, 0.29) is 17.9 Å². The minimum atomic E-state index is -0.613. The number of nitrogens with zero attached hydrogens (tertiary/aromatic N) is 1. The van der Waals surface area contributed by atoms with Gasteiger partial charge < -0.3 is 10.2 Å². The Hall–Kier alpha value is -0.710. The normalized spacial score (nSPS) is 32.6. The molecule has 0 spiro atoms. The van der Waals surface area contributed by atoms with E-state index in [1.54, 1.807) is 6.92 Å². The summed E-state index contributed by atoms with van der Waals surface area (Å²) in [6, 6.07) is -0.379. The van der Waals surface area contributed by atoms with Gasteiger partial charge in [-0.15, -0.1) is 0 Å². The minimum Gasteiger partial charge on any atom is -0.343 e. The molecule has 0 bridgehead atoms. The molecule has 2 unspecified atom stereocenters. The lowest BCUT2D eigenvalue weighted by molar-refractivity contribution is -0.157. The Balaban J connectivity index is 2.16. The first-order chi connectivity index (χ1) is 8.51. The van der Waals surface area contributed by atoms with Crippen LogP contribution < -0.4 is 5.32 Å². The van der Waals surface area contributed by atoms with Crippen molar-refractivity contribution in [2.45, 2.75) is 45.2 Å². The zero-order chi connectivity index (χ0) is 13.3. The number of nitrogens with one attached hydrogen (secondary N) is 1. The van der Waals surface area contributed by atoms with Gasteiger partial charge in [0, 0.05) is 12.3 Å². The SMILES string of the molecule is CCSCCN1C(=O)C(C)NC(=O)C1(C)C1CC1. The third-order valence-corrected chi connectivity index (χ3v) is 4.92. The molecule has 1 aliphatic heterocycles. The Morgan fingerprint density at radius 2 is 2.11 bits per heavy atom. The summed E-state index contributed by atoms with van der Waals surface area (Å²) in [5.74, 6) is 2.40. The zero-order valence-corrected chi connectivity index (χ0v) is 12.2. The van der Waals surface area contributed by atoms with Crippen molar-refractivity contribution in [3.8, 4) is 0 Å². The standard InChI is InChI=1S/C13H22N2O2S/c1-4-18-8-7-15-11(16)9(2)14-12(17)13(15,3)10-5-6-10/h9-10H,4-8H2,1-3H3,(H,14,17). The van der Waals surface area contributed by atoms with E-state index in [2.05, 4.69) is 12.2 Å². The molecule has 0 aromatic rings. The number of hydrogen-bond donors (Lipinski definition) is 1. The van der Waals surface area contributed by atoms with E-state index in [0.29, 0.717) is 12.5 Å². The van der Waals surface area contributed by atoms with Gasteiger partial charge in [-0.05, 0) is 38.4 Å². The van der Waals surface area contributed by atoms with Crippen LogP contribution in [0.15, 0.2) is 0 Å². The quantitative estimate of drug-likeness (QED) is 0.765. The summed E-state index contributed by atoms with van der Waals surface area (Å²) in [5.41, 5.74) is -0.613. The predicted molar refractivity (Wildman–Crippen MR) is 73.4 cm³/mol. The second-order valence-electron chi connectivity index (χ2n) is 5.30. The van der Waals surface area contributed by atoms with E-state index < -0.39 is 5.54 Å². The van der Waals surface area contributed by atoms with Gasteiger partial charge >= 0.3 is 0 Å². The molecule has 2 fully saturated rings. The van der Waals surface area contributed by atoms with Crippen molar-refractivity contribution >= 4 is 23.6 Å². The second-order valence-corrected chi connectivity index (χ2v) is 6.70. The molecule has 1 aliphatic carbocycles. The molecule has 18 heavy (non-hydrogen) atoms. The number of carbonyl (C=O) groups excluding carboxylic acids is 2. The number of carbonyl (C=O) groups is 2. The van der Waals surface area contributed by atoms with Crippen LogP contribution in [0.2, 0.25) is 0 Å². The lowest BCUT2D eigenvalue weighted by atomic mass is 9.88. The van der Waals surface area contributed by atoms with Crippen molar-refractivity contribution in [2.75, 3.05) is 18.1 Å². The van der Waals surface area contributed by atoms with Crippen LogP contribution in [0.4, 0.5) is 0 Å². The molecule has 2 aliphatic rings. The maximum Gasteiger partial charge on any atom is 0.246 e. The van der Waals surface area contributed by atoms with Gasteiger partial charge in [0.05, 0.1) is 0 Å². The fourth-order valence-electron chi connectivity index (χ4n) is 2.68. The average molecular weight is 270 g/mol. The largest absolute Gasteiger partial charge is 0.343 e. The van der Waals surface area contributed by atoms with Gasteiger partial charge in [-0.1, -0.05) is 6.92 Å². The van der Waals surface area contributed by atoms with Gasteiger partial charge in [-0.25, -0.2) is 0 Å². The van der Waals surface area contributed by atoms with E-state index in [4.69, 9.17) is 0 Å². The monoisotopic (exact) mass is 270 g/mol. The molecule has 0 aromatic carbocycles. The Kier molecular flexibility index (Phi) is 3.90. The molecule has 1 saturated carbocycles. The topological polar surface area (TPSA) is 49.4 Å². The van der Waals surface area contributed by atoms with E-state index in [0.717, 1.165) is 24.3 Å². The van der Waals surface area contributed by atoms with Crippen LogP contribution in [-0.2, 0) is 9.59 Å². The Labute approximate surface area is 113 Å². The molecule has 1 saturated heterocycles. The van der Waals surface area contributed by atoms with E-state index in [1.165, 1.54) is 0 Å². The van der Waals surface area contributed by atoms with Crippen molar-refractivity contribution in [1.82, 2.24) is 10.2 Å². The lowest BCUT2D eigenvalue weighted by Gasteiger charge is -2.46. The van der Waals surface area contributed by atoms with Crippen molar-refractivity contribution in [2.24, 2.45) is 5.92 Å². The molecule has 1 N–H and O–H groups in total. The maximum atomic E-state index is 12.3. The number of hydrogen-bond acceptors (Lipinski definition) is 3. The fourth-order valence-corrected chi connectivity index (χ4v) is 3.28. The zero-order valence-electron chi connectivity index (χ0n) is 11.4. The van der Waals surface area contributed by atoms with Crippen LogP contribution >= 0.6 is 11.8 Å². The third kappa shape index (κ3) is 2.25. The highest BCUT2D eigenvalue weighted by Crippen LogP contribution is 2.44. The number of amides is 2. The molecule has 102 valence electrons. The molecule has 0 aromatic heterocycles. The minimum absolute atomic E-state index is 0.0265. The molecule has 2 rings (SSSR count). The van der Waals surface area contributed by atoms with Gasteiger partial charge in [-0.2, -0.15) is 11.8 Å². The van der Waals surface area contributed by atoms with Crippen LogP contribution in [0.25, 0.3) is 0 Å². The molecular weight excluding hydrogens is 248 g/mol. The summed E-state index contributed by atoms with van der Waals surface area (Å²) in [6.07, 6.45) is 2.12. The smallest absolute Gasteiger partial charge is 0.246 e. The molecular formula is C13H22N2O2S. The van der Waals surface area contributed by atoms with Crippen LogP contribution in [0.1, 0.15) is 33.6 Å². The highest BCUT2D eigenvalue weighted by molar-refractivity contribution is 7.99. The molecule has 1 heterocycles. The first-order valence-corrected chi connectivity index (χ1v) is 7.87. The molecule has 2 atom stereocenters. The highest BCUT2D eigenvalue weighted by Gasteiger charge is 2.56. The molecule has 0 radical (unpaired) electrons. The van der Waals surface area contributed by atoms with Gasteiger partial charge in [-0.3, -0.25) is 9.59 Å². The maximum absolute atomic E-state index is 12.3. The van der Waals surface area contributed by atoms with E-state index in [1.807, 2.05) is 23.6 Å². The summed E-state index contributed by atoms with van der Waals surface area (Å²) < 4.78 is 0. The molecule has 2 amide bonds. The average Bonchev–Trinajstić information content (AvgIpc) is 3.15. The van der Waals surface area contributed by atoms with Crippen molar-refractivity contribution < 1.29 is 9.59 Å². The highest BCUT2D eigenvalue weighted by atomic mass is 32.2. The summed E-state index contributed by atoms with van der Waals surface area (Å²) >= 11 is 1.81. The van der Waals surface area contributed by atoms with Gasteiger partial charge in [0.2, 0.25) is 11.8 Å². The number of thioether (sulfide) groups is 1. The van der Waals surface area contributed by atoms with E-state index >= 15 is 0 Å². The van der Waals surface area contributed by atoms with Crippen molar-refractivity contribution in [1.29, 1.82) is 0 Å². The third-order valence-electron chi connectivity index (χ3n) is 4.04. The summed E-state index contributed by atoms with van der Waals surface area (Å²) in [4.78, 5) is 26.4. The number of rotatable bonds is 5. The fraction of sp³-hybridized carbons (Fsp3) is 0.846. The van der Waals surface area contributed by atoms with Crippen LogP contribution in [0, 0.1) is 5.92 Å². The second kappa shape index (κ2) is 5.11. The number of piperazine rings is 1. The Morgan fingerprint density at radius 1 is 1.44 bits per heavy atom. The molecule has 4 nitrogen and oxygen atoms in total. The van der Waals surface area contributed by atoms with Gasteiger partial charge in [0.1, 0.15) is 11.6 Å². The van der Waals surface area contributed by atoms with Crippen LogP contribution in [0.3, 0.4) is 0 Å². The van der Waals surface area contributed by atoms with Gasteiger partial charge in [0.25, 0.3) is 0 Å². The molecule has 5 heteroatoms. The lowest BCUT2D eigenvalue weighted by Crippen LogP contribution is -2.70. The van der Waals surface area contributed by atoms with Crippen LogP contribution in [0.5, 0.6) is 0 Å². The predicted octanol–water partition coefficient (Wildman–Crippen LogP) is 1.26.